The van der Waals surface area contributed by atoms with Crippen molar-refractivity contribution in [3.8, 4) is 0 Å². The van der Waals surface area contributed by atoms with Crippen LogP contribution in [0.5, 0.6) is 0 Å². The van der Waals surface area contributed by atoms with E-state index in [0.717, 1.165) is 11.8 Å². The molecule has 0 aliphatic heterocycles. The number of hydrogen-bond acceptors (Lipinski definition) is 0. The van der Waals surface area contributed by atoms with Gasteiger partial charge in [0.1, 0.15) is 0 Å². The predicted molar refractivity (Wildman–Crippen MR) is 85.4 cm³/mol. The Morgan fingerprint density at radius 1 is 0.526 bits per heavy atom. The van der Waals surface area contributed by atoms with Gasteiger partial charge in [0.15, 0.2) is 0 Å². The molecule has 2 aliphatic carbocycles. The maximum absolute atomic E-state index is 2.50. The molecule has 0 aromatic heterocycles. The zero-order chi connectivity index (χ0) is 13.6. The van der Waals surface area contributed by atoms with Gasteiger partial charge < -0.3 is 0 Å². The molecule has 0 aromatic rings. The van der Waals surface area contributed by atoms with Crippen molar-refractivity contribution in [2.24, 2.45) is 17.3 Å². The molecule has 112 valence electrons. The molecule has 0 spiro atoms. The molecule has 2 unspecified atom stereocenters. The molecule has 2 rings (SSSR count). The van der Waals surface area contributed by atoms with Gasteiger partial charge >= 0.3 is 0 Å². The van der Waals surface area contributed by atoms with E-state index in [9.17, 15) is 0 Å². The summed E-state index contributed by atoms with van der Waals surface area (Å²) in [7, 11) is 0. The summed E-state index contributed by atoms with van der Waals surface area (Å²) in [6.45, 7) is 4.99. The first-order valence-electron chi connectivity index (χ1n) is 9.17. The van der Waals surface area contributed by atoms with Crippen molar-refractivity contribution in [1.82, 2.24) is 0 Å². The SMILES string of the molecule is CC1(C)CCCCC2CCCCCCCC2CCC1. The topological polar surface area (TPSA) is 0 Å². The third-order valence-electron chi connectivity index (χ3n) is 5.92. The lowest BCUT2D eigenvalue weighted by Gasteiger charge is -2.32. The van der Waals surface area contributed by atoms with Crippen molar-refractivity contribution in [2.45, 2.75) is 104 Å². The van der Waals surface area contributed by atoms with Crippen LogP contribution in [0.3, 0.4) is 0 Å². The molecule has 0 nitrogen and oxygen atoms in total. The fourth-order valence-corrected chi connectivity index (χ4v) is 4.55. The number of hydrogen-bond donors (Lipinski definition) is 0. The lowest BCUT2D eigenvalue weighted by molar-refractivity contribution is 0.201. The van der Waals surface area contributed by atoms with Crippen molar-refractivity contribution < 1.29 is 0 Å². The van der Waals surface area contributed by atoms with E-state index in [1.54, 1.807) is 19.3 Å². The first-order valence-corrected chi connectivity index (χ1v) is 9.17. The smallest absolute Gasteiger partial charge is 0.0354 e. The molecular formula is C19H36. The van der Waals surface area contributed by atoms with Crippen LogP contribution in [0.25, 0.3) is 0 Å². The van der Waals surface area contributed by atoms with Gasteiger partial charge in [-0.25, -0.2) is 0 Å². The van der Waals surface area contributed by atoms with E-state index in [-0.39, 0.29) is 0 Å². The van der Waals surface area contributed by atoms with E-state index in [2.05, 4.69) is 13.8 Å². The van der Waals surface area contributed by atoms with Gasteiger partial charge in [0, 0.05) is 0 Å². The minimum absolute atomic E-state index is 0.616. The zero-order valence-corrected chi connectivity index (χ0v) is 13.6. The fourth-order valence-electron chi connectivity index (χ4n) is 4.55. The molecule has 0 bridgehead atoms. The highest BCUT2D eigenvalue weighted by atomic mass is 14.3. The highest BCUT2D eigenvalue weighted by molar-refractivity contribution is 4.77. The highest BCUT2D eigenvalue weighted by Gasteiger charge is 2.25. The fraction of sp³-hybridized carbons (Fsp3) is 1.00. The Kier molecular flexibility index (Phi) is 6.23. The average molecular weight is 264 g/mol. The summed E-state index contributed by atoms with van der Waals surface area (Å²) >= 11 is 0. The molecular weight excluding hydrogens is 228 g/mol. The van der Waals surface area contributed by atoms with E-state index in [1.807, 2.05) is 0 Å². The standard InChI is InChI=1S/C19H36/c1-19(2)15-9-8-13-17-11-6-4-3-5-7-12-18(17)14-10-16-19/h17-18H,3-16H2,1-2H3. The predicted octanol–water partition coefficient (Wildman–Crippen LogP) is 6.73. The van der Waals surface area contributed by atoms with Gasteiger partial charge in [0.25, 0.3) is 0 Å². The van der Waals surface area contributed by atoms with E-state index < -0.39 is 0 Å². The van der Waals surface area contributed by atoms with Crippen molar-refractivity contribution in [1.29, 1.82) is 0 Å². The zero-order valence-electron chi connectivity index (χ0n) is 13.6. The summed E-state index contributed by atoms with van der Waals surface area (Å²) < 4.78 is 0. The minimum atomic E-state index is 0.616. The molecule has 2 fully saturated rings. The Hall–Kier alpha value is 0. The third kappa shape index (κ3) is 5.48. The summed E-state index contributed by atoms with van der Waals surface area (Å²) in [5.41, 5.74) is 0.616. The van der Waals surface area contributed by atoms with Crippen LogP contribution < -0.4 is 0 Å². The van der Waals surface area contributed by atoms with Crippen LogP contribution in [0.1, 0.15) is 104 Å². The lowest BCUT2D eigenvalue weighted by atomic mass is 9.74. The van der Waals surface area contributed by atoms with Crippen LogP contribution in [0.15, 0.2) is 0 Å². The molecule has 0 N–H and O–H groups in total. The molecule has 0 amide bonds. The van der Waals surface area contributed by atoms with Crippen LogP contribution in [0, 0.1) is 17.3 Å². The van der Waals surface area contributed by atoms with E-state index in [0.29, 0.717) is 5.41 Å². The van der Waals surface area contributed by atoms with Crippen molar-refractivity contribution >= 4 is 0 Å². The van der Waals surface area contributed by atoms with Crippen LogP contribution in [-0.2, 0) is 0 Å². The average Bonchev–Trinajstić information content (AvgIpc) is 2.47. The van der Waals surface area contributed by atoms with Gasteiger partial charge in [0.2, 0.25) is 0 Å². The first-order chi connectivity index (χ1) is 9.17. The van der Waals surface area contributed by atoms with Crippen molar-refractivity contribution in [3.63, 3.8) is 0 Å². The minimum Gasteiger partial charge on any atom is -0.0599 e. The Morgan fingerprint density at radius 3 is 1.58 bits per heavy atom. The largest absolute Gasteiger partial charge is 0.0599 e. The second kappa shape index (κ2) is 7.70. The van der Waals surface area contributed by atoms with Crippen molar-refractivity contribution in [3.05, 3.63) is 0 Å². The molecule has 0 heterocycles. The van der Waals surface area contributed by atoms with Gasteiger partial charge in [-0.1, -0.05) is 90.9 Å². The second-order valence-corrected chi connectivity index (χ2v) is 8.17. The van der Waals surface area contributed by atoms with Crippen LogP contribution in [-0.4, -0.2) is 0 Å². The maximum Gasteiger partial charge on any atom is -0.0354 e. The van der Waals surface area contributed by atoms with Crippen LogP contribution in [0.2, 0.25) is 0 Å². The first kappa shape index (κ1) is 15.4. The third-order valence-corrected chi connectivity index (χ3v) is 5.92. The summed E-state index contributed by atoms with van der Waals surface area (Å²) in [5.74, 6) is 2.16. The molecule has 0 radical (unpaired) electrons. The van der Waals surface area contributed by atoms with Gasteiger partial charge in [-0.05, 0) is 30.1 Å². The normalized spacial score (nSPS) is 34.4. The van der Waals surface area contributed by atoms with E-state index in [4.69, 9.17) is 0 Å². The molecule has 2 aliphatic rings. The Bertz CT molecular complexity index is 240. The number of rotatable bonds is 0. The van der Waals surface area contributed by atoms with E-state index in [1.165, 1.54) is 70.6 Å². The van der Waals surface area contributed by atoms with Gasteiger partial charge in [-0.15, -0.1) is 0 Å². The van der Waals surface area contributed by atoms with Crippen LogP contribution in [0.4, 0.5) is 0 Å². The Morgan fingerprint density at radius 2 is 0.947 bits per heavy atom. The summed E-state index contributed by atoms with van der Waals surface area (Å²) in [4.78, 5) is 0. The quantitative estimate of drug-likeness (QED) is 0.455. The summed E-state index contributed by atoms with van der Waals surface area (Å²) in [6.07, 6.45) is 21.2. The maximum atomic E-state index is 2.50. The van der Waals surface area contributed by atoms with Gasteiger partial charge in [0.05, 0.1) is 0 Å². The Labute approximate surface area is 121 Å². The second-order valence-electron chi connectivity index (χ2n) is 8.17. The molecule has 19 heavy (non-hydrogen) atoms. The molecule has 0 saturated heterocycles. The molecule has 2 atom stereocenters. The molecule has 0 aromatic carbocycles. The highest BCUT2D eigenvalue weighted by Crippen LogP contribution is 2.38. The molecule has 2 saturated carbocycles. The van der Waals surface area contributed by atoms with Gasteiger partial charge in [-0.3, -0.25) is 0 Å². The summed E-state index contributed by atoms with van der Waals surface area (Å²) in [6, 6.07) is 0. The van der Waals surface area contributed by atoms with Gasteiger partial charge in [-0.2, -0.15) is 0 Å². The van der Waals surface area contributed by atoms with Crippen LogP contribution >= 0.6 is 0 Å². The number of fused-ring (bicyclic) bond motifs is 1. The van der Waals surface area contributed by atoms with Crippen molar-refractivity contribution in [2.75, 3.05) is 0 Å². The van der Waals surface area contributed by atoms with E-state index >= 15 is 0 Å². The lowest BCUT2D eigenvalue weighted by Crippen LogP contribution is -2.19. The summed E-state index contributed by atoms with van der Waals surface area (Å²) in [5, 5.41) is 0. The Balaban J connectivity index is 1.93. The molecule has 0 heteroatoms. The monoisotopic (exact) mass is 264 g/mol.